The maximum absolute atomic E-state index is 12.7. The molecule has 0 saturated carbocycles. The normalized spacial score (nSPS) is 16.3. The summed E-state index contributed by atoms with van der Waals surface area (Å²) in [6.07, 6.45) is -2.30. The van der Waals surface area contributed by atoms with Crippen LogP contribution >= 0.6 is 0 Å². The summed E-state index contributed by atoms with van der Waals surface area (Å²) in [4.78, 5) is 26.6. The van der Waals surface area contributed by atoms with Crippen LogP contribution in [0.1, 0.15) is 23.2 Å². The molecular weight excluding hydrogens is 433 g/mol. The summed E-state index contributed by atoms with van der Waals surface area (Å²) in [5.41, 5.74) is 1.46. The summed E-state index contributed by atoms with van der Waals surface area (Å²) < 4.78 is 39.3. The number of alkyl halides is 3. The Balaban J connectivity index is 1.27. The van der Waals surface area contributed by atoms with Crippen LogP contribution in [0.3, 0.4) is 0 Å². The molecule has 3 aromatic rings. The van der Waals surface area contributed by atoms with Gasteiger partial charge in [-0.25, -0.2) is 4.68 Å². The third-order valence-corrected chi connectivity index (χ3v) is 5.65. The number of likely N-dealkylation sites (tertiary alicyclic amines) is 1. The molecule has 1 fully saturated rings. The Bertz CT molecular complexity index is 1110. The van der Waals surface area contributed by atoms with E-state index >= 15 is 0 Å². The molecule has 1 saturated heterocycles. The standard InChI is InChI=1S/C24H23F3N4O2/c25-24(26,27)21-11-13-31(29-21)20-8-6-18(7-9-20)15-28-23(33)19-14-22(32)30(16-19)12-10-17-4-2-1-3-5-17/h1-9,11,13,19H,10,12,14-16H2,(H,28,33). The molecule has 4 rings (SSSR count). The van der Waals surface area contributed by atoms with E-state index in [0.29, 0.717) is 18.8 Å². The number of rotatable bonds is 7. The third-order valence-electron chi connectivity index (χ3n) is 5.65. The van der Waals surface area contributed by atoms with Crippen molar-refractivity contribution in [2.45, 2.75) is 25.6 Å². The van der Waals surface area contributed by atoms with Gasteiger partial charge >= 0.3 is 6.18 Å². The Morgan fingerprint density at radius 3 is 2.42 bits per heavy atom. The topological polar surface area (TPSA) is 67.2 Å². The predicted octanol–water partition coefficient (Wildman–Crippen LogP) is 3.60. The van der Waals surface area contributed by atoms with Gasteiger partial charge in [0, 0.05) is 32.3 Å². The van der Waals surface area contributed by atoms with Gasteiger partial charge in [0.1, 0.15) is 0 Å². The first-order chi connectivity index (χ1) is 15.8. The highest BCUT2D eigenvalue weighted by atomic mass is 19.4. The highest BCUT2D eigenvalue weighted by Crippen LogP contribution is 2.28. The van der Waals surface area contributed by atoms with Gasteiger partial charge in [-0.2, -0.15) is 18.3 Å². The van der Waals surface area contributed by atoms with E-state index in [1.165, 1.54) is 6.20 Å². The van der Waals surface area contributed by atoms with E-state index in [1.807, 2.05) is 30.3 Å². The molecule has 0 spiro atoms. The van der Waals surface area contributed by atoms with E-state index in [2.05, 4.69) is 10.4 Å². The lowest BCUT2D eigenvalue weighted by molar-refractivity contribution is -0.141. The van der Waals surface area contributed by atoms with Crippen molar-refractivity contribution in [1.82, 2.24) is 20.0 Å². The fourth-order valence-corrected chi connectivity index (χ4v) is 3.79. The van der Waals surface area contributed by atoms with Crippen LogP contribution in [0.2, 0.25) is 0 Å². The zero-order valence-corrected chi connectivity index (χ0v) is 17.8. The first-order valence-corrected chi connectivity index (χ1v) is 10.6. The monoisotopic (exact) mass is 456 g/mol. The van der Waals surface area contributed by atoms with Crippen molar-refractivity contribution in [1.29, 1.82) is 0 Å². The van der Waals surface area contributed by atoms with E-state index in [1.54, 1.807) is 29.2 Å². The van der Waals surface area contributed by atoms with Gasteiger partial charge in [-0.15, -0.1) is 0 Å². The quantitative estimate of drug-likeness (QED) is 0.591. The van der Waals surface area contributed by atoms with Gasteiger partial charge in [0.25, 0.3) is 0 Å². The Morgan fingerprint density at radius 2 is 1.76 bits per heavy atom. The minimum absolute atomic E-state index is 0.0205. The SMILES string of the molecule is O=C(NCc1ccc(-n2ccc(C(F)(F)F)n2)cc1)C1CC(=O)N(CCc2ccccc2)C1. The van der Waals surface area contributed by atoms with Crippen molar-refractivity contribution in [3.63, 3.8) is 0 Å². The van der Waals surface area contributed by atoms with E-state index in [9.17, 15) is 22.8 Å². The number of halogens is 3. The number of aromatic nitrogens is 2. The molecule has 1 atom stereocenters. The van der Waals surface area contributed by atoms with E-state index in [4.69, 9.17) is 0 Å². The van der Waals surface area contributed by atoms with Crippen LogP contribution in [0.25, 0.3) is 5.69 Å². The second-order valence-corrected chi connectivity index (χ2v) is 8.00. The molecule has 6 nitrogen and oxygen atoms in total. The second kappa shape index (κ2) is 9.48. The number of amides is 2. The average Bonchev–Trinajstić information content (AvgIpc) is 3.44. The van der Waals surface area contributed by atoms with Crippen molar-refractivity contribution in [2.24, 2.45) is 5.92 Å². The van der Waals surface area contributed by atoms with Gasteiger partial charge in [-0.1, -0.05) is 42.5 Å². The first-order valence-electron chi connectivity index (χ1n) is 10.6. The van der Waals surface area contributed by atoms with E-state index in [0.717, 1.165) is 28.3 Å². The zero-order valence-electron chi connectivity index (χ0n) is 17.8. The van der Waals surface area contributed by atoms with Crippen LogP contribution in [-0.4, -0.2) is 39.6 Å². The number of benzene rings is 2. The molecule has 0 radical (unpaired) electrons. The Hall–Kier alpha value is -3.62. The van der Waals surface area contributed by atoms with Gasteiger partial charge < -0.3 is 10.2 Å². The fourth-order valence-electron chi connectivity index (χ4n) is 3.79. The third kappa shape index (κ3) is 5.60. The molecular formula is C24H23F3N4O2. The van der Waals surface area contributed by atoms with Crippen molar-refractivity contribution >= 4 is 11.8 Å². The summed E-state index contributed by atoms with van der Waals surface area (Å²) in [5, 5.41) is 6.39. The summed E-state index contributed by atoms with van der Waals surface area (Å²) >= 11 is 0. The lowest BCUT2D eigenvalue weighted by Gasteiger charge is -2.16. The number of nitrogens with one attached hydrogen (secondary N) is 1. The molecule has 172 valence electrons. The largest absolute Gasteiger partial charge is 0.435 e. The molecule has 2 heterocycles. The maximum Gasteiger partial charge on any atom is 0.435 e. The van der Waals surface area contributed by atoms with Crippen molar-refractivity contribution < 1.29 is 22.8 Å². The van der Waals surface area contributed by atoms with Gasteiger partial charge in [-0.3, -0.25) is 9.59 Å². The minimum Gasteiger partial charge on any atom is -0.352 e. The smallest absolute Gasteiger partial charge is 0.352 e. The van der Waals surface area contributed by atoms with Gasteiger partial charge in [-0.05, 0) is 35.7 Å². The number of hydrogen-bond donors (Lipinski definition) is 1. The lowest BCUT2D eigenvalue weighted by Crippen LogP contribution is -2.33. The Labute approximate surface area is 189 Å². The molecule has 9 heteroatoms. The molecule has 1 aliphatic heterocycles. The average molecular weight is 456 g/mol. The van der Waals surface area contributed by atoms with Crippen molar-refractivity contribution in [2.75, 3.05) is 13.1 Å². The molecule has 0 bridgehead atoms. The predicted molar refractivity (Wildman–Crippen MR) is 115 cm³/mol. The fraction of sp³-hybridized carbons (Fsp3) is 0.292. The van der Waals surface area contributed by atoms with Crippen LogP contribution in [0.15, 0.2) is 66.9 Å². The first kappa shape index (κ1) is 22.6. The number of hydrogen-bond acceptors (Lipinski definition) is 3. The van der Waals surface area contributed by atoms with Crippen molar-refractivity contribution in [3.05, 3.63) is 83.7 Å². The molecule has 1 aromatic heterocycles. The van der Waals surface area contributed by atoms with Gasteiger partial charge in [0.05, 0.1) is 11.6 Å². The summed E-state index contributed by atoms with van der Waals surface area (Å²) in [7, 11) is 0. The highest BCUT2D eigenvalue weighted by molar-refractivity contribution is 5.89. The molecule has 33 heavy (non-hydrogen) atoms. The number of nitrogens with zero attached hydrogens (tertiary/aromatic N) is 3. The zero-order chi connectivity index (χ0) is 23.4. The van der Waals surface area contributed by atoms with Crippen molar-refractivity contribution in [3.8, 4) is 5.69 Å². The molecule has 0 aliphatic carbocycles. The second-order valence-electron chi connectivity index (χ2n) is 8.00. The van der Waals surface area contributed by atoms with Crippen LogP contribution in [0.5, 0.6) is 0 Å². The van der Waals surface area contributed by atoms with Crippen LogP contribution in [0.4, 0.5) is 13.2 Å². The molecule has 2 aromatic carbocycles. The Kier molecular flexibility index (Phi) is 6.48. The lowest BCUT2D eigenvalue weighted by atomic mass is 10.1. The Morgan fingerprint density at radius 1 is 1.03 bits per heavy atom. The minimum atomic E-state index is -4.49. The van der Waals surface area contributed by atoms with E-state index < -0.39 is 17.8 Å². The molecule has 1 aliphatic rings. The summed E-state index contributed by atoms with van der Waals surface area (Å²) in [5.74, 6) is -0.596. The number of carbonyl (C=O) groups is 2. The van der Waals surface area contributed by atoms with E-state index in [-0.39, 0.29) is 24.8 Å². The highest BCUT2D eigenvalue weighted by Gasteiger charge is 2.34. The molecule has 2 amide bonds. The van der Waals surface area contributed by atoms with Gasteiger partial charge in [0.15, 0.2) is 5.69 Å². The van der Waals surface area contributed by atoms with Gasteiger partial charge in [0.2, 0.25) is 11.8 Å². The molecule has 1 N–H and O–H groups in total. The summed E-state index contributed by atoms with van der Waals surface area (Å²) in [6.45, 7) is 1.25. The summed E-state index contributed by atoms with van der Waals surface area (Å²) in [6, 6.07) is 17.5. The van der Waals surface area contributed by atoms with Crippen LogP contribution in [0, 0.1) is 5.92 Å². The van der Waals surface area contributed by atoms with Crippen LogP contribution < -0.4 is 5.32 Å². The number of carbonyl (C=O) groups excluding carboxylic acids is 2. The van der Waals surface area contributed by atoms with Crippen LogP contribution in [-0.2, 0) is 28.7 Å². The maximum atomic E-state index is 12.7. The molecule has 1 unspecified atom stereocenters.